The molecule has 0 bridgehead atoms. The summed E-state index contributed by atoms with van der Waals surface area (Å²) in [6.45, 7) is 2.35. The van der Waals surface area contributed by atoms with E-state index in [1.165, 1.54) is 23.9 Å². The van der Waals surface area contributed by atoms with Crippen molar-refractivity contribution in [1.82, 2.24) is 4.90 Å². The fourth-order valence-electron chi connectivity index (χ4n) is 2.92. The molecule has 154 valence electrons. The summed E-state index contributed by atoms with van der Waals surface area (Å²) >= 11 is 6.64. The van der Waals surface area contributed by atoms with Crippen LogP contribution in [-0.4, -0.2) is 32.7 Å². The average Bonchev–Trinajstić information content (AvgIpc) is 2.97. The molecule has 2 N–H and O–H groups in total. The summed E-state index contributed by atoms with van der Waals surface area (Å²) in [5.74, 6) is -0.127. The first-order valence-corrected chi connectivity index (χ1v) is 10.7. The predicted molar refractivity (Wildman–Crippen MR) is 126 cm³/mol. The number of anilines is 1. The zero-order valence-electron chi connectivity index (χ0n) is 16.5. The molecule has 5 nitrogen and oxygen atoms in total. The van der Waals surface area contributed by atoms with Crippen LogP contribution in [0.25, 0.3) is 6.08 Å². The number of amides is 2. The van der Waals surface area contributed by atoms with Crippen molar-refractivity contribution < 1.29 is 14.7 Å². The molecular weight excluding hydrogens is 416 g/mol. The standard InChI is InChI=1S/C23H22N2O3S2/c1-16(14-17-6-3-2-4-7-17)15-20-22(28)25(23(29)30-20)13-5-8-21(27)24-18-9-11-19(26)12-10-18/h2-4,6-7,9-12,14-15,26H,5,8,13H2,1H3,(H,24,27)/b16-14+,20-15-. The largest absolute Gasteiger partial charge is 0.508 e. The van der Waals surface area contributed by atoms with Crippen molar-refractivity contribution in [3.8, 4) is 5.75 Å². The Hall–Kier alpha value is -2.90. The van der Waals surface area contributed by atoms with Gasteiger partial charge in [0.25, 0.3) is 5.91 Å². The quantitative estimate of drug-likeness (QED) is 0.363. The van der Waals surface area contributed by atoms with Crippen LogP contribution in [0.4, 0.5) is 5.69 Å². The molecule has 2 aromatic carbocycles. The summed E-state index contributed by atoms with van der Waals surface area (Å²) in [6.07, 6.45) is 4.64. The Kier molecular flexibility index (Phi) is 7.43. The predicted octanol–water partition coefficient (Wildman–Crippen LogP) is 4.96. The summed E-state index contributed by atoms with van der Waals surface area (Å²) in [4.78, 5) is 26.9. The number of phenolic OH excluding ortho intramolecular Hbond substituents is 1. The lowest BCUT2D eigenvalue weighted by atomic mass is 10.1. The van der Waals surface area contributed by atoms with Gasteiger partial charge in [-0.1, -0.05) is 60.4 Å². The van der Waals surface area contributed by atoms with Crippen molar-refractivity contribution in [3.05, 3.63) is 76.7 Å². The molecule has 2 amide bonds. The summed E-state index contributed by atoms with van der Waals surface area (Å²) in [5, 5.41) is 12.0. The van der Waals surface area contributed by atoms with E-state index in [0.29, 0.717) is 27.9 Å². The van der Waals surface area contributed by atoms with E-state index in [4.69, 9.17) is 12.2 Å². The highest BCUT2D eigenvalue weighted by atomic mass is 32.2. The Morgan fingerprint density at radius 2 is 1.87 bits per heavy atom. The number of thioether (sulfide) groups is 1. The lowest BCUT2D eigenvalue weighted by Crippen LogP contribution is -2.29. The van der Waals surface area contributed by atoms with E-state index in [-0.39, 0.29) is 24.0 Å². The Morgan fingerprint density at radius 3 is 2.57 bits per heavy atom. The molecule has 3 rings (SSSR count). The molecule has 0 unspecified atom stereocenters. The first kappa shape index (κ1) is 21.8. The van der Waals surface area contributed by atoms with E-state index in [1.807, 2.05) is 49.4 Å². The van der Waals surface area contributed by atoms with Crippen LogP contribution in [0.5, 0.6) is 5.75 Å². The second kappa shape index (κ2) is 10.2. The molecule has 0 radical (unpaired) electrons. The Labute approximate surface area is 185 Å². The molecular formula is C23H22N2O3S2. The molecule has 7 heteroatoms. The normalized spacial score (nSPS) is 15.7. The van der Waals surface area contributed by atoms with Crippen LogP contribution in [-0.2, 0) is 9.59 Å². The zero-order chi connectivity index (χ0) is 21.5. The second-order valence-electron chi connectivity index (χ2n) is 6.83. The fourth-order valence-corrected chi connectivity index (χ4v) is 4.28. The fraction of sp³-hybridized carbons (Fsp3) is 0.174. The van der Waals surface area contributed by atoms with Crippen molar-refractivity contribution in [2.75, 3.05) is 11.9 Å². The second-order valence-corrected chi connectivity index (χ2v) is 8.51. The van der Waals surface area contributed by atoms with Gasteiger partial charge in [0.1, 0.15) is 10.1 Å². The number of nitrogens with zero attached hydrogens (tertiary/aromatic N) is 1. The topological polar surface area (TPSA) is 69.6 Å². The number of benzene rings is 2. The zero-order valence-corrected chi connectivity index (χ0v) is 18.1. The van der Waals surface area contributed by atoms with Crippen LogP contribution in [0.2, 0.25) is 0 Å². The summed E-state index contributed by atoms with van der Waals surface area (Å²) in [7, 11) is 0. The molecule has 0 aromatic heterocycles. The van der Waals surface area contributed by atoms with Gasteiger partial charge in [0.05, 0.1) is 4.91 Å². The Bertz CT molecular complexity index is 999. The van der Waals surface area contributed by atoms with Gasteiger partial charge in [-0.2, -0.15) is 0 Å². The van der Waals surface area contributed by atoms with Crippen LogP contribution in [0.3, 0.4) is 0 Å². The van der Waals surface area contributed by atoms with Gasteiger partial charge in [0.2, 0.25) is 5.91 Å². The van der Waals surface area contributed by atoms with E-state index in [0.717, 1.165) is 11.1 Å². The molecule has 0 spiro atoms. The number of thiocarbonyl (C=S) groups is 1. The van der Waals surface area contributed by atoms with Crippen molar-refractivity contribution >= 4 is 51.9 Å². The smallest absolute Gasteiger partial charge is 0.266 e. The molecule has 1 heterocycles. The first-order valence-electron chi connectivity index (χ1n) is 9.50. The maximum Gasteiger partial charge on any atom is 0.266 e. The van der Waals surface area contributed by atoms with Crippen LogP contribution in [0.15, 0.2) is 71.2 Å². The Balaban J connectivity index is 1.52. The number of phenols is 1. The Morgan fingerprint density at radius 1 is 1.17 bits per heavy atom. The van der Waals surface area contributed by atoms with Crippen LogP contribution >= 0.6 is 24.0 Å². The maximum atomic E-state index is 12.7. The monoisotopic (exact) mass is 438 g/mol. The number of aromatic hydroxyl groups is 1. The van der Waals surface area contributed by atoms with Gasteiger partial charge in [-0.3, -0.25) is 14.5 Å². The van der Waals surface area contributed by atoms with E-state index in [9.17, 15) is 14.7 Å². The molecule has 0 saturated carbocycles. The van der Waals surface area contributed by atoms with Gasteiger partial charge in [-0.25, -0.2) is 0 Å². The van der Waals surface area contributed by atoms with Gasteiger partial charge in [-0.15, -0.1) is 0 Å². The minimum absolute atomic E-state index is 0.121. The molecule has 0 atom stereocenters. The molecule has 1 fully saturated rings. The summed E-state index contributed by atoms with van der Waals surface area (Å²) in [5.41, 5.74) is 2.66. The van der Waals surface area contributed by atoms with Crippen LogP contribution in [0.1, 0.15) is 25.3 Å². The van der Waals surface area contributed by atoms with Gasteiger partial charge in [-0.05, 0) is 54.8 Å². The van der Waals surface area contributed by atoms with Gasteiger partial charge < -0.3 is 10.4 Å². The number of rotatable bonds is 7. The van der Waals surface area contributed by atoms with Crippen molar-refractivity contribution in [2.45, 2.75) is 19.8 Å². The summed E-state index contributed by atoms with van der Waals surface area (Å²) < 4.78 is 0.512. The van der Waals surface area contributed by atoms with Crippen molar-refractivity contribution in [3.63, 3.8) is 0 Å². The SMILES string of the molecule is CC(/C=C1\SC(=S)N(CCCC(=O)Nc2ccc(O)cc2)C1=O)=C\c1ccccc1. The van der Waals surface area contributed by atoms with E-state index in [2.05, 4.69) is 5.32 Å². The first-order chi connectivity index (χ1) is 14.4. The lowest BCUT2D eigenvalue weighted by Gasteiger charge is -2.14. The number of hydrogen-bond donors (Lipinski definition) is 2. The molecule has 1 aliphatic rings. The highest BCUT2D eigenvalue weighted by molar-refractivity contribution is 8.26. The minimum Gasteiger partial charge on any atom is -0.508 e. The molecule has 0 aliphatic carbocycles. The van der Waals surface area contributed by atoms with E-state index in [1.54, 1.807) is 17.0 Å². The molecule has 2 aromatic rings. The minimum atomic E-state index is -0.150. The van der Waals surface area contributed by atoms with E-state index >= 15 is 0 Å². The van der Waals surface area contributed by atoms with E-state index < -0.39 is 0 Å². The van der Waals surface area contributed by atoms with Crippen molar-refractivity contribution in [2.24, 2.45) is 0 Å². The third-order valence-electron chi connectivity index (χ3n) is 4.36. The molecule has 30 heavy (non-hydrogen) atoms. The lowest BCUT2D eigenvalue weighted by molar-refractivity contribution is -0.122. The third-order valence-corrected chi connectivity index (χ3v) is 5.74. The van der Waals surface area contributed by atoms with Crippen LogP contribution < -0.4 is 5.32 Å². The third kappa shape index (κ3) is 6.05. The van der Waals surface area contributed by atoms with Crippen LogP contribution in [0, 0.1) is 0 Å². The number of nitrogens with one attached hydrogen (secondary N) is 1. The number of carbonyl (C=O) groups excluding carboxylic acids is 2. The van der Waals surface area contributed by atoms with Gasteiger partial charge in [0, 0.05) is 18.7 Å². The van der Waals surface area contributed by atoms with Gasteiger partial charge >= 0.3 is 0 Å². The molecule has 1 aliphatic heterocycles. The summed E-state index contributed by atoms with van der Waals surface area (Å²) in [6, 6.07) is 16.2. The number of allylic oxidation sites excluding steroid dienone is 2. The van der Waals surface area contributed by atoms with Gasteiger partial charge in [0.15, 0.2) is 0 Å². The molecule has 1 saturated heterocycles. The highest BCUT2D eigenvalue weighted by Gasteiger charge is 2.31. The number of carbonyl (C=O) groups is 2. The highest BCUT2D eigenvalue weighted by Crippen LogP contribution is 2.32. The van der Waals surface area contributed by atoms with Crippen molar-refractivity contribution in [1.29, 1.82) is 0 Å². The number of hydrogen-bond acceptors (Lipinski definition) is 5. The average molecular weight is 439 g/mol. The maximum absolute atomic E-state index is 12.7.